The molecule has 1 aliphatic heterocycles. The van der Waals surface area contributed by atoms with Gasteiger partial charge in [0.25, 0.3) is 11.7 Å². The highest BCUT2D eigenvalue weighted by molar-refractivity contribution is 6.46. The molecule has 0 aliphatic carbocycles. The van der Waals surface area contributed by atoms with Crippen molar-refractivity contribution in [1.82, 2.24) is 4.90 Å². The van der Waals surface area contributed by atoms with Gasteiger partial charge < -0.3 is 19.5 Å². The van der Waals surface area contributed by atoms with E-state index in [-0.39, 0.29) is 35.8 Å². The maximum atomic E-state index is 13.2. The Hall–Kier alpha value is -3.12. The van der Waals surface area contributed by atoms with Gasteiger partial charge in [-0.15, -0.1) is 0 Å². The number of hydrogen-bond donors (Lipinski definition) is 1. The summed E-state index contributed by atoms with van der Waals surface area (Å²) in [5.41, 5.74) is 3.38. The van der Waals surface area contributed by atoms with E-state index in [0.717, 1.165) is 22.4 Å². The summed E-state index contributed by atoms with van der Waals surface area (Å²) in [6.45, 7) is 13.4. The van der Waals surface area contributed by atoms with E-state index in [9.17, 15) is 14.7 Å². The summed E-state index contributed by atoms with van der Waals surface area (Å²) in [6, 6.07) is 12.6. The summed E-state index contributed by atoms with van der Waals surface area (Å²) in [7, 11) is 1.55. The molecule has 1 heterocycles. The summed E-state index contributed by atoms with van der Waals surface area (Å²) < 4.78 is 10.9. The molecule has 1 saturated heterocycles. The summed E-state index contributed by atoms with van der Waals surface area (Å²) in [4.78, 5) is 27.7. The van der Waals surface area contributed by atoms with Crippen LogP contribution in [0.5, 0.6) is 5.75 Å². The molecule has 35 heavy (non-hydrogen) atoms. The molecule has 188 valence electrons. The van der Waals surface area contributed by atoms with E-state index in [0.29, 0.717) is 12.2 Å². The van der Waals surface area contributed by atoms with E-state index in [4.69, 9.17) is 9.47 Å². The number of nitrogens with zero attached hydrogens (tertiary/aromatic N) is 1. The Labute approximate surface area is 208 Å². The summed E-state index contributed by atoms with van der Waals surface area (Å²) in [6.07, 6.45) is 0. The van der Waals surface area contributed by atoms with Gasteiger partial charge in [-0.05, 0) is 53.1 Å². The fourth-order valence-corrected chi connectivity index (χ4v) is 4.40. The van der Waals surface area contributed by atoms with E-state index in [1.807, 2.05) is 57.2 Å². The van der Waals surface area contributed by atoms with Crippen LogP contribution in [0.4, 0.5) is 0 Å². The fraction of sp³-hybridized carbons (Fsp3) is 0.448. The van der Waals surface area contributed by atoms with Crippen molar-refractivity contribution < 1.29 is 24.2 Å². The zero-order chi connectivity index (χ0) is 25.9. The van der Waals surface area contributed by atoms with E-state index in [2.05, 4.69) is 20.8 Å². The van der Waals surface area contributed by atoms with E-state index >= 15 is 0 Å². The molecule has 0 aromatic heterocycles. The van der Waals surface area contributed by atoms with Crippen molar-refractivity contribution in [3.05, 3.63) is 70.3 Å². The number of methoxy groups -OCH3 is 1. The highest BCUT2D eigenvalue weighted by atomic mass is 16.5. The minimum Gasteiger partial charge on any atom is -0.507 e. The van der Waals surface area contributed by atoms with Gasteiger partial charge in [0.05, 0.1) is 24.8 Å². The van der Waals surface area contributed by atoms with Crippen LogP contribution in [0.25, 0.3) is 5.76 Å². The van der Waals surface area contributed by atoms with Gasteiger partial charge in [-0.2, -0.15) is 0 Å². The molecule has 1 atom stereocenters. The second-order valence-electron chi connectivity index (χ2n) is 10.2. The third-order valence-electron chi connectivity index (χ3n) is 6.37. The van der Waals surface area contributed by atoms with Gasteiger partial charge in [0.2, 0.25) is 0 Å². The topological polar surface area (TPSA) is 76.1 Å². The average molecular weight is 480 g/mol. The minimum atomic E-state index is -0.701. The van der Waals surface area contributed by atoms with Gasteiger partial charge in [-0.25, -0.2) is 0 Å². The first-order valence-corrected chi connectivity index (χ1v) is 12.2. The molecule has 1 amide bonds. The third-order valence-corrected chi connectivity index (χ3v) is 6.37. The number of likely N-dealkylation sites (tertiary alicyclic amines) is 1. The van der Waals surface area contributed by atoms with Crippen LogP contribution < -0.4 is 4.74 Å². The van der Waals surface area contributed by atoms with Crippen molar-refractivity contribution in [3.8, 4) is 5.75 Å². The molecule has 0 radical (unpaired) electrons. The second kappa shape index (κ2) is 10.6. The maximum absolute atomic E-state index is 13.2. The van der Waals surface area contributed by atoms with Crippen LogP contribution in [0, 0.1) is 0 Å². The fourth-order valence-electron chi connectivity index (χ4n) is 4.40. The van der Waals surface area contributed by atoms with Crippen LogP contribution >= 0.6 is 0 Å². The van der Waals surface area contributed by atoms with Gasteiger partial charge in [0.1, 0.15) is 11.5 Å². The normalized spacial score (nSPS) is 17.9. The zero-order valence-corrected chi connectivity index (χ0v) is 21.8. The largest absolute Gasteiger partial charge is 0.507 e. The Balaban J connectivity index is 2.17. The van der Waals surface area contributed by atoms with Gasteiger partial charge >= 0.3 is 0 Å². The quantitative estimate of drug-likeness (QED) is 0.304. The number of rotatable bonds is 8. The lowest BCUT2D eigenvalue weighted by Gasteiger charge is -2.26. The predicted molar refractivity (Wildman–Crippen MR) is 138 cm³/mol. The average Bonchev–Trinajstić information content (AvgIpc) is 3.07. The van der Waals surface area contributed by atoms with Gasteiger partial charge in [0, 0.05) is 19.2 Å². The number of ketones is 1. The first-order chi connectivity index (χ1) is 16.5. The van der Waals surface area contributed by atoms with Crippen LogP contribution in [-0.2, 0) is 19.7 Å². The lowest BCUT2D eigenvalue weighted by molar-refractivity contribution is -0.140. The van der Waals surface area contributed by atoms with E-state index in [1.54, 1.807) is 13.2 Å². The smallest absolute Gasteiger partial charge is 0.295 e. The number of carbonyl (C=O) groups is 2. The number of benzene rings is 2. The SMILES string of the molecule is CCOc1ccc(/C(O)=C2/C(=O)C(=O)N(CCOC)C2c2ccc(C(C)(C)C)cc2)cc1C(C)C. The lowest BCUT2D eigenvalue weighted by atomic mass is 9.85. The number of ether oxygens (including phenoxy) is 2. The molecular formula is C29H37NO5. The van der Waals surface area contributed by atoms with Gasteiger partial charge in [-0.3, -0.25) is 9.59 Å². The Kier molecular flexibility index (Phi) is 8.06. The van der Waals surface area contributed by atoms with Crippen LogP contribution in [0.2, 0.25) is 0 Å². The number of aliphatic hydroxyl groups is 1. The Bertz CT molecular complexity index is 1110. The molecule has 1 aliphatic rings. The van der Waals surface area contributed by atoms with E-state index in [1.165, 1.54) is 4.90 Å². The number of aliphatic hydroxyl groups excluding tert-OH is 1. The maximum Gasteiger partial charge on any atom is 0.295 e. The van der Waals surface area contributed by atoms with Crippen molar-refractivity contribution in [3.63, 3.8) is 0 Å². The minimum absolute atomic E-state index is 0.0358. The molecule has 0 saturated carbocycles. The molecule has 3 rings (SSSR count). The molecule has 1 N–H and O–H groups in total. The van der Waals surface area contributed by atoms with E-state index < -0.39 is 17.7 Å². The van der Waals surface area contributed by atoms with Crippen LogP contribution in [-0.4, -0.2) is 48.6 Å². The van der Waals surface area contributed by atoms with Crippen molar-refractivity contribution in [2.75, 3.05) is 26.9 Å². The first kappa shape index (κ1) is 26.5. The first-order valence-electron chi connectivity index (χ1n) is 12.2. The van der Waals surface area contributed by atoms with Crippen molar-refractivity contribution in [2.45, 2.75) is 58.9 Å². The molecule has 0 spiro atoms. The summed E-state index contributed by atoms with van der Waals surface area (Å²) in [5, 5.41) is 11.4. The molecule has 6 nitrogen and oxygen atoms in total. The molecule has 1 unspecified atom stereocenters. The van der Waals surface area contributed by atoms with Crippen LogP contribution in [0.1, 0.15) is 75.8 Å². The summed E-state index contributed by atoms with van der Waals surface area (Å²) in [5.74, 6) is -0.617. The van der Waals surface area contributed by atoms with Gasteiger partial charge in [0.15, 0.2) is 0 Å². The zero-order valence-electron chi connectivity index (χ0n) is 21.8. The molecular weight excluding hydrogens is 442 g/mol. The van der Waals surface area contributed by atoms with Crippen LogP contribution in [0.3, 0.4) is 0 Å². The number of hydrogen-bond acceptors (Lipinski definition) is 5. The Morgan fingerprint density at radius 1 is 1.09 bits per heavy atom. The highest BCUT2D eigenvalue weighted by Crippen LogP contribution is 2.40. The molecule has 0 bridgehead atoms. The van der Waals surface area contributed by atoms with Gasteiger partial charge in [-0.1, -0.05) is 58.9 Å². The Morgan fingerprint density at radius 3 is 2.29 bits per heavy atom. The molecule has 6 heteroatoms. The lowest BCUT2D eigenvalue weighted by Crippen LogP contribution is -2.32. The van der Waals surface area contributed by atoms with Crippen molar-refractivity contribution in [2.24, 2.45) is 0 Å². The van der Waals surface area contributed by atoms with Crippen molar-refractivity contribution >= 4 is 17.4 Å². The highest BCUT2D eigenvalue weighted by Gasteiger charge is 2.46. The molecule has 1 fully saturated rings. The predicted octanol–water partition coefficient (Wildman–Crippen LogP) is 5.57. The molecule has 2 aromatic carbocycles. The molecule has 2 aromatic rings. The van der Waals surface area contributed by atoms with Crippen LogP contribution in [0.15, 0.2) is 48.0 Å². The Morgan fingerprint density at radius 2 is 1.74 bits per heavy atom. The number of amides is 1. The second-order valence-corrected chi connectivity index (χ2v) is 10.2. The standard InChI is InChI=1S/C29H37NO5/c1-8-35-23-14-11-20(17-22(23)18(2)3)26(31)24-25(30(15-16-34-7)28(33)27(24)32)19-9-12-21(13-10-19)29(4,5)6/h9-14,17-18,25,31H,8,15-16H2,1-7H3/b26-24-. The summed E-state index contributed by atoms with van der Waals surface area (Å²) >= 11 is 0. The third kappa shape index (κ3) is 5.43. The number of Topliss-reactive ketones (excluding diaryl/α,β-unsaturated/α-hetero) is 1. The number of carbonyl (C=O) groups excluding carboxylic acids is 2. The monoisotopic (exact) mass is 479 g/mol. The van der Waals surface area contributed by atoms with Crippen molar-refractivity contribution in [1.29, 1.82) is 0 Å².